The van der Waals surface area contributed by atoms with Gasteiger partial charge in [0.1, 0.15) is 19.6 Å². The first-order valence-electron chi connectivity index (χ1n) is 7.66. The summed E-state index contributed by atoms with van der Waals surface area (Å²) >= 11 is 11.6. The van der Waals surface area contributed by atoms with Crippen LogP contribution in [0.25, 0.3) is 11.1 Å². The lowest BCUT2D eigenvalue weighted by Gasteiger charge is -2.19. The van der Waals surface area contributed by atoms with E-state index in [-0.39, 0.29) is 11.1 Å². The SMILES string of the molecule is Cc1cc(-c2cc(C)c(Cl)c(S(=O)(=O)O)c2S(=O)(=O)O)c(S(=O)(=O)O)c(S(=O)(=O)O)c1Cl. The van der Waals surface area contributed by atoms with Gasteiger partial charge < -0.3 is 0 Å². The van der Waals surface area contributed by atoms with Crippen LogP contribution in [0.4, 0.5) is 0 Å². The van der Waals surface area contributed by atoms with Gasteiger partial charge in [0.15, 0.2) is 0 Å². The summed E-state index contributed by atoms with van der Waals surface area (Å²) in [5.41, 5.74) is -2.55. The van der Waals surface area contributed by atoms with Crippen LogP contribution in [-0.2, 0) is 40.5 Å². The summed E-state index contributed by atoms with van der Waals surface area (Å²) in [5.74, 6) is 0. The molecule has 0 aliphatic rings. The van der Waals surface area contributed by atoms with Crippen LogP contribution in [0.3, 0.4) is 0 Å². The maximum absolute atomic E-state index is 12.1. The molecule has 0 spiro atoms. The Morgan fingerprint density at radius 3 is 0.938 bits per heavy atom. The molecule has 0 fully saturated rings. The Balaban J connectivity index is 3.46. The lowest BCUT2D eigenvalue weighted by atomic mass is 10.0. The standard InChI is InChI=1S/C14H12Cl2O12S4/c1-5-3-7(11(29(17,18)19)13(9(5)15)31(23,24)25)8-4-6(2)10(16)14(32(26,27)28)12(8)30(20,21)22/h3-4H,1-2H3,(H,17,18,19)(H,20,21,22)(H,23,24,25)(H,26,27,28). The Bertz CT molecular complexity index is 1470. The van der Waals surface area contributed by atoms with Crippen molar-refractivity contribution >= 4 is 63.7 Å². The highest BCUT2D eigenvalue weighted by Gasteiger charge is 2.37. The highest BCUT2D eigenvalue weighted by Crippen LogP contribution is 2.45. The van der Waals surface area contributed by atoms with Gasteiger partial charge in [-0.3, -0.25) is 18.2 Å². The van der Waals surface area contributed by atoms with Crippen molar-refractivity contribution in [1.82, 2.24) is 0 Å². The van der Waals surface area contributed by atoms with Crippen LogP contribution in [0, 0.1) is 13.8 Å². The predicted octanol–water partition coefficient (Wildman–Crippen LogP) is 2.26. The molecule has 0 radical (unpaired) electrons. The quantitative estimate of drug-likeness (QED) is 0.380. The molecule has 0 heterocycles. The van der Waals surface area contributed by atoms with Crippen molar-refractivity contribution in [3.8, 4) is 11.1 Å². The van der Waals surface area contributed by atoms with Gasteiger partial charge in [-0.1, -0.05) is 23.2 Å². The van der Waals surface area contributed by atoms with Gasteiger partial charge in [0.05, 0.1) is 10.0 Å². The van der Waals surface area contributed by atoms with Gasteiger partial charge >= 0.3 is 0 Å². The Hall–Kier alpha value is -1.34. The maximum Gasteiger partial charge on any atom is 0.297 e. The molecule has 12 nitrogen and oxygen atoms in total. The molecule has 2 rings (SSSR count). The monoisotopic (exact) mass is 570 g/mol. The number of rotatable bonds is 5. The van der Waals surface area contributed by atoms with Crippen LogP contribution in [0.15, 0.2) is 31.7 Å². The first-order chi connectivity index (χ1) is 14.1. The molecule has 0 amide bonds. The Kier molecular flexibility index (Phi) is 6.86. The third-order valence-electron chi connectivity index (χ3n) is 4.04. The summed E-state index contributed by atoms with van der Waals surface area (Å²) in [6.45, 7) is 2.21. The molecule has 0 aliphatic heterocycles. The van der Waals surface area contributed by atoms with Crippen molar-refractivity contribution < 1.29 is 51.9 Å². The molecular formula is C14H12Cl2O12S4. The summed E-state index contributed by atoms with van der Waals surface area (Å²) in [6.07, 6.45) is 0. The minimum Gasteiger partial charge on any atom is -0.282 e. The first-order valence-corrected chi connectivity index (χ1v) is 14.2. The van der Waals surface area contributed by atoms with E-state index in [1.54, 1.807) is 0 Å². The van der Waals surface area contributed by atoms with E-state index in [0.717, 1.165) is 26.0 Å². The normalized spacial score (nSPS) is 13.4. The van der Waals surface area contributed by atoms with Crippen molar-refractivity contribution in [3.63, 3.8) is 0 Å². The van der Waals surface area contributed by atoms with Crippen LogP contribution in [0.1, 0.15) is 11.1 Å². The molecule has 0 atom stereocenters. The molecule has 178 valence electrons. The van der Waals surface area contributed by atoms with Gasteiger partial charge in [0, 0.05) is 11.1 Å². The fourth-order valence-electron chi connectivity index (χ4n) is 2.87. The largest absolute Gasteiger partial charge is 0.297 e. The number of hydrogen-bond acceptors (Lipinski definition) is 8. The van der Waals surface area contributed by atoms with Crippen molar-refractivity contribution in [2.24, 2.45) is 0 Å². The number of halogens is 2. The van der Waals surface area contributed by atoms with Crippen molar-refractivity contribution in [1.29, 1.82) is 0 Å². The topological polar surface area (TPSA) is 217 Å². The fraction of sp³-hybridized carbons (Fsp3) is 0.143. The van der Waals surface area contributed by atoms with Crippen LogP contribution in [-0.4, -0.2) is 51.9 Å². The molecule has 0 saturated heterocycles. The first kappa shape index (κ1) is 26.9. The van der Waals surface area contributed by atoms with E-state index in [9.17, 15) is 51.9 Å². The second-order valence-corrected chi connectivity index (χ2v) is 12.5. The second-order valence-electron chi connectivity index (χ2n) is 6.33. The van der Waals surface area contributed by atoms with E-state index in [2.05, 4.69) is 0 Å². The average molecular weight is 571 g/mol. The summed E-state index contributed by atoms with van der Waals surface area (Å²) in [7, 11) is -22.2. The molecular weight excluding hydrogens is 559 g/mol. The van der Waals surface area contributed by atoms with Crippen molar-refractivity contribution in [2.75, 3.05) is 0 Å². The summed E-state index contributed by atoms with van der Waals surface area (Å²) in [4.78, 5) is -6.33. The lowest BCUT2D eigenvalue weighted by molar-refractivity contribution is 0.465. The summed E-state index contributed by atoms with van der Waals surface area (Å²) < 4.78 is 134. The summed E-state index contributed by atoms with van der Waals surface area (Å²) in [6, 6.07) is 1.48. The zero-order chi connectivity index (χ0) is 25.2. The lowest BCUT2D eigenvalue weighted by Crippen LogP contribution is -2.15. The molecule has 32 heavy (non-hydrogen) atoms. The molecule has 0 bridgehead atoms. The van der Waals surface area contributed by atoms with Crippen molar-refractivity contribution in [2.45, 2.75) is 33.4 Å². The van der Waals surface area contributed by atoms with E-state index in [0.29, 0.717) is 0 Å². The molecule has 2 aromatic carbocycles. The van der Waals surface area contributed by atoms with E-state index in [4.69, 9.17) is 23.2 Å². The second kappa shape index (κ2) is 8.15. The smallest absolute Gasteiger partial charge is 0.282 e. The van der Waals surface area contributed by atoms with Gasteiger partial charge in [0.25, 0.3) is 40.5 Å². The summed E-state index contributed by atoms with van der Waals surface area (Å²) in [5, 5.41) is -1.73. The van der Waals surface area contributed by atoms with Crippen LogP contribution >= 0.6 is 23.2 Å². The number of aryl methyl sites for hydroxylation is 2. The Morgan fingerprint density at radius 1 is 0.531 bits per heavy atom. The molecule has 4 N–H and O–H groups in total. The minimum absolute atomic E-state index is 0.274. The Labute approximate surface area is 192 Å². The van der Waals surface area contributed by atoms with E-state index in [1.165, 1.54) is 0 Å². The molecule has 0 aliphatic carbocycles. The molecule has 18 heteroatoms. The van der Waals surface area contributed by atoms with Gasteiger partial charge in [-0.05, 0) is 37.1 Å². The highest BCUT2D eigenvalue weighted by molar-refractivity contribution is 7.89. The zero-order valence-corrected chi connectivity index (χ0v) is 20.4. The van der Waals surface area contributed by atoms with Gasteiger partial charge in [-0.15, -0.1) is 0 Å². The number of benzene rings is 2. The van der Waals surface area contributed by atoms with Gasteiger partial charge in [0.2, 0.25) is 0 Å². The third-order valence-corrected chi connectivity index (χ3v) is 9.22. The van der Waals surface area contributed by atoms with Crippen LogP contribution in [0.5, 0.6) is 0 Å². The molecule has 2 aromatic rings. The minimum atomic E-state index is -5.61. The number of hydrogen-bond donors (Lipinski definition) is 4. The Morgan fingerprint density at radius 2 is 0.750 bits per heavy atom. The highest BCUT2D eigenvalue weighted by atomic mass is 35.5. The molecule has 0 unspecified atom stereocenters. The average Bonchev–Trinajstić information content (AvgIpc) is 2.54. The van der Waals surface area contributed by atoms with E-state index < -0.39 is 81.2 Å². The molecule has 0 saturated carbocycles. The van der Waals surface area contributed by atoms with E-state index in [1.807, 2.05) is 0 Å². The molecule has 0 aromatic heterocycles. The van der Waals surface area contributed by atoms with Gasteiger partial charge in [-0.25, -0.2) is 0 Å². The van der Waals surface area contributed by atoms with E-state index >= 15 is 0 Å². The predicted molar refractivity (Wildman–Crippen MR) is 111 cm³/mol. The van der Waals surface area contributed by atoms with Crippen LogP contribution < -0.4 is 0 Å². The zero-order valence-electron chi connectivity index (χ0n) is 15.6. The van der Waals surface area contributed by atoms with Crippen LogP contribution in [0.2, 0.25) is 10.0 Å². The van der Waals surface area contributed by atoms with Gasteiger partial charge in [-0.2, -0.15) is 33.7 Å². The third kappa shape index (κ3) is 4.93. The fourth-order valence-corrected chi connectivity index (χ4v) is 8.15. The maximum atomic E-state index is 12.1. The van der Waals surface area contributed by atoms with Crippen molar-refractivity contribution in [3.05, 3.63) is 33.3 Å².